The SMILES string of the molecule is COCC(Cl)Cc1ccc(S(C)(=O)=O)cc1. The van der Waals surface area contributed by atoms with Crippen LogP contribution in [0.15, 0.2) is 29.2 Å². The number of hydrogen-bond acceptors (Lipinski definition) is 3. The van der Waals surface area contributed by atoms with E-state index in [-0.39, 0.29) is 5.38 Å². The highest BCUT2D eigenvalue weighted by Crippen LogP contribution is 2.13. The lowest BCUT2D eigenvalue weighted by atomic mass is 10.1. The molecule has 0 radical (unpaired) electrons. The average Bonchev–Trinajstić information content (AvgIpc) is 2.17. The van der Waals surface area contributed by atoms with Crippen molar-refractivity contribution >= 4 is 21.4 Å². The zero-order valence-electron chi connectivity index (χ0n) is 9.31. The molecule has 90 valence electrons. The average molecular weight is 263 g/mol. The molecule has 0 saturated carbocycles. The first-order chi connectivity index (χ1) is 7.43. The highest BCUT2D eigenvalue weighted by molar-refractivity contribution is 7.90. The fraction of sp³-hybridized carbons (Fsp3) is 0.455. The molecule has 0 heterocycles. The van der Waals surface area contributed by atoms with Crippen molar-refractivity contribution in [2.75, 3.05) is 20.0 Å². The van der Waals surface area contributed by atoms with Crippen LogP contribution in [-0.4, -0.2) is 33.8 Å². The number of ether oxygens (including phenoxy) is 1. The van der Waals surface area contributed by atoms with Crippen LogP contribution in [0.5, 0.6) is 0 Å². The maximum atomic E-state index is 11.2. The van der Waals surface area contributed by atoms with Gasteiger partial charge in [0.1, 0.15) is 0 Å². The van der Waals surface area contributed by atoms with E-state index in [0.717, 1.165) is 5.56 Å². The van der Waals surface area contributed by atoms with Crippen LogP contribution in [0.4, 0.5) is 0 Å². The van der Waals surface area contributed by atoms with Crippen molar-refractivity contribution < 1.29 is 13.2 Å². The Morgan fingerprint density at radius 1 is 1.31 bits per heavy atom. The van der Waals surface area contributed by atoms with Gasteiger partial charge in [0.2, 0.25) is 0 Å². The van der Waals surface area contributed by atoms with Crippen LogP contribution in [0.25, 0.3) is 0 Å². The van der Waals surface area contributed by atoms with Gasteiger partial charge in [-0.3, -0.25) is 0 Å². The summed E-state index contributed by atoms with van der Waals surface area (Å²) in [4.78, 5) is 0.328. The first kappa shape index (κ1) is 13.5. The van der Waals surface area contributed by atoms with E-state index in [4.69, 9.17) is 16.3 Å². The Balaban J connectivity index is 2.72. The molecule has 1 rings (SSSR count). The molecule has 0 saturated heterocycles. The maximum Gasteiger partial charge on any atom is 0.175 e. The fourth-order valence-corrected chi connectivity index (χ4v) is 2.30. The maximum absolute atomic E-state index is 11.2. The second kappa shape index (κ2) is 5.66. The smallest absolute Gasteiger partial charge is 0.175 e. The molecule has 3 nitrogen and oxygen atoms in total. The number of sulfone groups is 1. The normalized spacial score (nSPS) is 13.7. The van der Waals surface area contributed by atoms with Crippen molar-refractivity contribution in [2.45, 2.75) is 16.7 Å². The third kappa shape index (κ3) is 4.12. The Morgan fingerprint density at radius 3 is 2.31 bits per heavy atom. The highest BCUT2D eigenvalue weighted by atomic mass is 35.5. The van der Waals surface area contributed by atoms with E-state index in [1.807, 2.05) is 0 Å². The second-order valence-corrected chi connectivity index (χ2v) is 6.31. The summed E-state index contributed by atoms with van der Waals surface area (Å²) >= 11 is 6.00. The summed E-state index contributed by atoms with van der Waals surface area (Å²) in [5.74, 6) is 0. The van der Waals surface area contributed by atoms with Gasteiger partial charge in [-0.25, -0.2) is 8.42 Å². The van der Waals surface area contributed by atoms with Gasteiger partial charge < -0.3 is 4.74 Å². The lowest BCUT2D eigenvalue weighted by Crippen LogP contribution is -2.10. The van der Waals surface area contributed by atoms with Crippen LogP contribution >= 0.6 is 11.6 Å². The van der Waals surface area contributed by atoms with Crippen molar-refractivity contribution in [1.29, 1.82) is 0 Å². The van der Waals surface area contributed by atoms with Crippen molar-refractivity contribution in [1.82, 2.24) is 0 Å². The predicted molar refractivity (Wildman–Crippen MR) is 64.8 cm³/mol. The third-order valence-corrected chi connectivity index (χ3v) is 3.56. The van der Waals surface area contributed by atoms with Crippen LogP contribution in [0, 0.1) is 0 Å². The van der Waals surface area contributed by atoms with Crippen LogP contribution in [0.2, 0.25) is 0 Å². The highest BCUT2D eigenvalue weighted by Gasteiger charge is 2.08. The largest absolute Gasteiger partial charge is 0.383 e. The lowest BCUT2D eigenvalue weighted by Gasteiger charge is -2.08. The summed E-state index contributed by atoms with van der Waals surface area (Å²) in [6.07, 6.45) is 1.86. The quantitative estimate of drug-likeness (QED) is 0.761. The van der Waals surface area contributed by atoms with E-state index in [1.165, 1.54) is 6.26 Å². The predicted octanol–water partition coefficient (Wildman–Crippen LogP) is 1.89. The molecule has 0 fully saturated rings. The molecule has 0 aliphatic carbocycles. The minimum Gasteiger partial charge on any atom is -0.383 e. The Labute approximate surface area is 101 Å². The summed E-state index contributed by atoms with van der Waals surface area (Å²) in [6.45, 7) is 0.482. The monoisotopic (exact) mass is 262 g/mol. The Bertz CT molecular complexity index is 425. The zero-order valence-corrected chi connectivity index (χ0v) is 10.9. The number of hydrogen-bond donors (Lipinski definition) is 0. The lowest BCUT2D eigenvalue weighted by molar-refractivity contribution is 0.197. The molecule has 5 heteroatoms. The molecular weight excluding hydrogens is 248 g/mol. The van der Waals surface area contributed by atoms with Crippen molar-refractivity contribution in [2.24, 2.45) is 0 Å². The van der Waals surface area contributed by atoms with Crippen LogP contribution in [0.1, 0.15) is 5.56 Å². The minimum atomic E-state index is -3.12. The summed E-state index contributed by atoms with van der Waals surface area (Å²) in [6, 6.07) is 6.75. The van der Waals surface area contributed by atoms with E-state index < -0.39 is 9.84 Å². The standard InChI is InChI=1S/C11H15ClO3S/c1-15-8-10(12)7-9-3-5-11(6-4-9)16(2,13)14/h3-6,10H,7-8H2,1-2H3. The molecule has 0 aromatic heterocycles. The molecule has 1 aromatic carbocycles. The molecule has 1 atom stereocenters. The first-order valence-corrected chi connectivity index (χ1v) is 7.18. The second-order valence-electron chi connectivity index (χ2n) is 3.67. The van der Waals surface area contributed by atoms with Gasteiger partial charge in [-0.2, -0.15) is 0 Å². The van der Waals surface area contributed by atoms with Gasteiger partial charge in [-0.05, 0) is 24.1 Å². The van der Waals surface area contributed by atoms with Gasteiger partial charge in [-0.1, -0.05) is 12.1 Å². The summed E-state index contributed by atoms with van der Waals surface area (Å²) in [5, 5.41) is -0.0888. The fourth-order valence-electron chi connectivity index (χ4n) is 1.37. The number of halogens is 1. The van der Waals surface area contributed by atoms with Crippen LogP contribution in [0.3, 0.4) is 0 Å². The molecule has 0 aliphatic rings. The van der Waals surface area contributed by atoms with Crippen molar-refractivity contribution in [3.05, 3.63) is 29.8 Å². The number of benzene rings is 1. The van der Waals surface area contributed by atoms with E-state index in [1.54, 1.807) is 31.4 Å². The minimum absolute atomic E-state index is 0.0888. The number of alkyl halides is 1. The van der Waals surface area contributed by atoms with Gasteiger partial charge in [0.05, 0.1) is 16.9 Å². The third-order valence-electron chi connectivity index (χ3n) is 2.16. The van der Waals surface area contributed by atoms with Gasteiger partial charge >= 0.3 is 0 Å². The Kier molecular flexibility index (Phi) is 4.77. The van der Waals surface area contributed by atoms with E-state index in [2.05, 4.69) is 0 Å². The molecule has 16 heavy (non-hydrogen) atoms. The van der Waals surface area contributed by atoms with Gasteiger partial charge in [0.15, 0.2) is 9.84 Å². The van der Waals surface area contributed by atoms with E-state index >= 15 is 0 Å². The molecule has 0 bridgehead atoms. The summed E-state index contributed by atoms with van der Waals surface area (Å²) in [7, 11) is -1.52. The molecule has 0 amide bonds. The molecular formula is C11H15ClO3S. The molecule has 0 aliphatic heterocycles. The summed E-state index contributed by atoms with van der Waals surface area (Å²) < 4.78 is 27.4. The number of methoxy groups -OCH3 is 1. The number of rotatable bonds is 5. The summed E-state index contributed by atoms with van der Waals surface area (Å²) in [5.41, 5.74) is 1.00. The Hall–Kier alpha value is -0.580. The Morgan fingerprint density at radius 2 is 1.88 bits per heavy atom. The van der Waals surface area contributed by atoms with Gasteiger partial charge in [0.25, 0.3) is 0 Å². The van der Waals surface area contributed by atoms with Gasteiger partial charge in [0, 0.05) is 13.4 Å². The van der Waals surface area contributed by atoms with E-state index in [9.17, 15) is 8.42 Å². The van der Waals surface area contributed by atoms with E-state index in [0.29, 0.717) is 17.9 Å². The van der Waals surface area contributed by atoms with Gasteiger partial charge in [-0.15, -0.1) is 11.6 Å². The first-order valence-electron chi connectivity index (χ1n) is 4.85. The van der Waals surface area contributed by atoms with Crippen LogP contribution in [-0.2, 0) is 21.0 Å². The topological polar surface area (TPSA) is 43.4 Å². The molecule has 0 N–H and O–H groups in total. The molecule has 1 aromatic rings. The zero-order chi connectivity index (χ0) is 12.2. The molecule has 1 unspecified atom stereocenters. The van der Waals surface area contributed by atoms with Crippen molar-refractivity contribution in [3.63, 3.8) is 0 Å². The van der Waals surface area contributed by atoms with Crippen molar-refractivity contribution in [3.8, 4) is 0 Å². The van der Waals surface area contributed by atoms with Crippen LogP contribution < -0.4 is 0 Å². The molecule has 0 spiro atoms.